The molecule has 0 atom stereocenters. The Labute approximate surface area is 181 Å². The SMILES string of the molecule is CCCCCCOc1ccccc1/C=C(\C#N)C(=O)Nc1cc([N+](=O)[O-])ccc1OC. The quantitative estimate of drug-likeness (QED) is 0.177. The lowest BCUT2D eigenvalue weighted by molar-refractivity contribution is -0.384. The highest BCUT2D eigenvalue weighted by molar-refractivity contribution is 6.10. The maximum atomic E-state index is 12.7. The lowest BCUT2D eigenvalue weighted by Gasteiger charge is -2.11. The monoisotopic (exact) mass is 423 g/mol. The number of nitro groups is 1. The van der Waals surface area contributed by atoms with Crippen LogP contribution in [0.5, 0.6) is 11.5 Å². The van der Waals surface area contributed by atoms with Gasteiger partial charge in [-0.2, -0.15) is 5.26 Å². The van der Waals surface area contributed by atoms with Crippen molar-refractivity contribution in [3.05, 3.63) is 63.7 Å². The van der Waals surface area contributed by atoms with Crippen LogP contribution in [0.1, 0.15) is 38.2 Å². The van der Waals surface area contributed by atoms with Crippen molar-refractivity contribution in [3.63, 3.8) is 0 Å². The van der Waals surface area contributed by atoms with Gasteiger partial charge >= 0.3 is 0 Å². The molecule has 0 radical (unpaired) electrons. The Morgan fingerprint density at radius 1 is 1.19 bits per heavy atom. The largest absolute Gasteiger partial charge is 0.495 e. The van der Waals surface area contributed by atoms with Crippen LogP contribution in [0, 0.1) is 21.4 Å². The van der Waals surface area contributed by atoms with Crippen molar-refractivity contribution in [3.8, 4) is 17.6 Å². The molecule has 0 aliphatic heterocycles. The summed E-state index contributed by atoms with van der Waals surface area (Å²) >= 11 is 0. The zero-order valence-electron chi connectivity index (χ0n) is 17.6. The zero-order valence-corrected chi connectivity index (χ0v) is 17.6. The predicted molar refractivity (Wildman–Crippen MR) is 118 cm³/mol. The number of nitriles is 1. The number of amides is 1. The molecule has 8 heteroatoms. The van der Waals surface area contributed by atoms with Crippen molar-refractivity contribution in [2.24, 2.45) is 0 Å². The number of rotatable bonds is 11. The lowest BCUT2D eigenvalue weighted by atomic mass is 10.1. The van der Waals surface area contributed by atoms with Gasteiger partial charge < -0.3 is 14.8 Å². The Kier molecular flexibility index (Phi) is 9.05. The summed E-state index contributed by atoms with van der Waals surface area (Å²) < 4.78 is 11.0. The van der Waals surface area contributed by atoms with E-state index in [2.05, 4.69) is 12.2 Å². The first-order valence-corrected chi connectivity index (χ1v) is 9.97. The van der Waals surface area contributed by atoms with E-state index in [9.17, 15) is 20.2 Å². The average Bonchev–Trinajstić information content (AvgIpc) is 2.77. The third kappa shape index (κ3) is 6.85. The minimum atomic E-state index is -0.709. The highest BCUT2D eigenvalue weighted by Crippen LogP contribution is 2.29. The molecular weight excluding hydrogens is 398 g/mol. The number of nitrogens with one attached hydrogen (secondary N) is 1. The van der Waals surface area contributed by atoms with Gasteiger partial charge in [-0.05, 0) is 24.6 Å². The van der Waals surface area contributed by atoms with Crippen molar-refractivity contribution in [1.82, 2.24) is 0 Å². The van der Waals surface area contributed by atoms with E-state index in [1.54, 1.807) is 18.2 Å². The van der Waals surface area contributed by atoms with Gasteiger partial charge in [0.1, 0.15) is 23.1 Å². The summed E-state index contributed by atoms with van der Waals surface area (Å²) in [6.45, 7) is 2.68. The number of hydrogen-bond donors (Lipinski definition) is 1. The molecule has 8 nitrogen and oxygen atoms in total. The van der Waals surface area contributed by atoms with Crippen molar-refractivity contribution in [2.45, 2.75) is 32.6 Å². The van der Waals surface area contributed by atoms with Crippen LogP contribution in [-0.4, -0.2) is 24.5 Å². The normalized spacial score (nSPS) is 10.8. The number of methoxy groups -OCH3 is 1. The Hall–Kier alpha value is -3.86. The second-order valence-corrected chi connectivity index (χ2v) is 6.71. The number of nitrogens with zero attached hydrogens (tertiary/aromatic N) is 2. The number of carbonyl (C=O) groups is 1. The minimum Gasteiger partial charge on any atom is -0.495 e. The smallest absolute Gasteiger partial charge is 0.271 e. The number of nitro benzene ring substituents is 1. The van der Waals surface area contributed by atoms with Crippen molar-refractivity contribution >= 4 is 23.4 Å². The summed E-state index contributed by atoms with van der Waals surface area (Å²) in [5.74, 6) is 0.110. The molecule has 1 N–H and O–H groups in total. The van der Waals surface area contributed by atoms with Crippen molar-refractivity contribution in [1.29, 1.82) is 5.26 Å². The fourth-order valence-electron chi connectivity index (χ4n) is 2.84. The van der Waals surface area contributed by atoms with Crippen LogP contribution in [0.2, 0.25) is 0 Å². The van der Waals surface area contributed by atoms with E-state index in [-0.39, 0.29) is 22.7 Å². The van der Waals surface area contributed by atoms with E-state index in [4.69, 9.17) is 9.47 Å². The summed E-state index contributed by atoms with van der Waals surface area (Å²) in [6, 6.07) is 12.8. The van der Waals surface area contributed by atoms with Gasteiger partial charge in [0.15, 0.2) is 0 Å². The summed E-state index contributed by atoms with van der Waals surface area (Å²) in [7, 11) is 1.38. The molecule has 2 rings (SSSR count). The van der Waals surface area contributed by atoms with Crippen LogP contribution >= 0.6 is 0 Å². The maximum absolute atomic E-state index is 12.7. The molecule has 0 fully saturated rings. The number of benzene rings is 2. The molecule has 1 amide bonds. The molecule has 162 valence electrons. The number of anilines is 1. The molecule has 0 aliphatic carbocycles. The predicted octanol–water partition coefficient (Wildman–Crippen LogP) is 5.11. The maximum Gasteiger partial charge on any atom is 0.271 e. The molecule has 2 aromatic carbocycles. The Balaban J connectivity index is 2.21. The minimum absolute atomic E-state index is 0.100. The van der Waals surface area contributed by atoms with Crippen LogP contribution in [0.25, 0.3) is 6.08 Å². The summed E-state index contributed by atoms with van der Waals surface area (Å²) in [5, 5.41) is 23.0. The standard InChI is InChI=1S/C23H25N3O5/c1-3-4-5-8-13-31-21-10-7-6-9-17(21)14-18(16-24)23(27)25-20-15-19(26(28)29)11-12-22(20)30-2/h6-7,9-12,14-15H,3-5,8,13H2,1-2H3,(H,25,27)/b18-14+. The van der Waals surface area contributed by atoms with Gasteiger partial charge in [-0.1, -0.05) is 44.4 Å². The number of carbonyl (C=O) groups excluding carboxylic acids is 1. The molecule has 0 spiro atoms. The van der Waals surface area contributed by atoms with Crippen LogP contribution in [-0.2, 0) is 4.79 Å². The molecule has 31 heavy (non-hydrogen) atoms. The van der Waals surface area contributed by atoms with Gasteiger partial charge in [-0.25, -0.2) is 0 Å². The number of unbranched alkanes of at least 4 members (excludes halogenated alkanes) is 3. The van der Waals surface area contributed by atoms with E-state index >= 15 is 0 Å². The third-order valence-corrected chi connectivity index (χ3v) is 4.48. The van der Waals surface area contributed by atoms with Crippen molar-refractivity contribution < 1.29 is 19.2 Å². The number of non-ortho nitro benzene ring substituents is 1. The summed E-state index contributed by atoms with van der Waals surface area (Å²) in [4.78, 5) is 23.1. The third-order valence-electron chi connectivity index (χ3n) is 4.48. The highest BCUT2D eigenvalue weighted by atomic mass is 16.6. The van der Waals surface area contributed by atoms with Gasteiger partial charge in [-0.3, -0.25) is 14.9 Å². The first-order chi connectivity index (χ1) is 15.0. The number of para-hydroxylation sites is 1. The topological polar surface area (TPSA) is 114 Å². The molecule has 0 heterocycles. The fraction of sp³-hybridized carbons (Fsp3) is 0.304. The zero-order chi connectivity index (χ0) is 22.6. The van der Waals surface area contributed by atoms with Crippen LogP contribution in [0.3, 0.4) is 0 Å². The van der Waals surface area contributed by atoms with E-state index in [0.29, 0.717) is 17.9 Å². The van der Waals surface area contributed by atoms with E-state index in [1.807, 2.05) is 12.1 Å². The van der Waals surface area contributed by atoms with Crippen molar-refractivity contribution in [2.75, 3.05) is 19.0 Å². The fourth-order valence-corrected chi connectivity index (χ4v) is 2.84. The van der Waals surface area contributed by atoms with Gasteiger partial charge in [0.2, 0.25) is 0 Å². The number of ether oxygens (including phenoxy) is 2. The molecule has 0 saturated heterocycles. The van der Waals surface area contributed by atoms with Gasteiger partial charge in [0, 0.05) is 17.7 Å². The average molecular weight is 423 g/mol. The van der Waals surface area contributed by atoms with E-state index in [0.717, 1.165) is 25.7 Å². The van der Waals surface area contributed by atoms with Crippen LogP contribution in [0.4, 0.5) is 11.4 Å². The Bertz CT molecular complexity index is 995. The van der Waals surface area contributed by atoms with Gasteiger partial charge in [0.05, 0.1) is 24.3 Å². The molecule has 2 aromatic rings. The van der Waals surface area contributed by atoms with E-state index < -0.39 is 10.8 Å². The molecule has 0 unspecified atom stereocenters. The van der Waals surface area contributed by atoms with Crippen LogP contribution < -0.4 is 14.8 Å². The molecule has 0 aromatic heterocycles. The molecule has 0 aliphatic rings. The molecule has 0 bridgehead atoms. The Morgan fingerprint density at radius 3 is 2.65 bits per heavy atom. The van der Waals surface area contributed by atoms with Gasteiger partial charge in [0.25, 0.3) is 11.6 Å². The Morgan fingerprint density at radius 2 is 1.97 bits per heavy atom. The van der Waals surface area contributed by atoms with E-state index in [1.165, 1.54) is 31.4 Å². The lowest BCUT2D eigenvalue weighted by Crippen LogP contribution is -2.14. The second kappa shape index (κ2) is 12.0. The highest BCUT2D eigenvalue weighted by Gasteiger charge is 2.17. The van der Waals surface area contributed by atoms with Gasteiger partial charge in [-0.15, -0.1) is 0 Å². The van der Waals surface area contributed by atoms with Crippen LogP contribution in [0.15, 0.2) is 48.0 Å². The first kappa shape index (κ1) is 23.4. The molecular formula is C23H25N3O5. The second-order valence-electron chi connectivity index (χ2n) is 6.71. The summed E-state index contributed by atoms with van der Waals surface area (Å²) in [6.07, 6.45) is 5.70. The summed E-state index contributed by atoms with van der Waals surface area (Å²) in [5.41, 5.74) is 0.315. The first-order valence-electron chi connectivity index (χ1n) is 9.97. The molecule has 0 saturated carbocycles. The number of hydrogen-bond acceptors (Lipinski definition) is 6.